The Morgan fingerprint density at radius 2 is 1.15 bits per heavy atom. The minimum absolute atomic E-state index is 0.321. The lowest BCUT2D eigenvalue weighted by atomic mass is 10.1. The summed E-state index contributed by atoms with van der Waals surface area (Å²) in [5.74, 6) is -0.321. The van der Waals surface area contributed by atoms with E-state index in [1.165, 1.54) is 51.0 Å². The highest BCUT2D eigenvalue weighted by atomic mass is 28.4. The number of rotatable bonds is 20. The van der Waals surface area contributed by atoms with Crippen LogP contribution in [0.25, 0.3) is 0 Å². The summed E-state index contributed by atoms with van der Waals surface area (Å²) in [5, 5.41) is 0. The SMILES string of the molecule is C=CC(=O)OCCCCCCCCCCCC[Si](OCC)(OCC)OCC. The largest absolute Gasteiger partial charge is 0.500 e. The van der Waals surface area contributed by atoms with Gasteiger partial charge in [-0.3, -0.25) is 0 Å². The van der Waals surface area contributed by atoms with E-state index >= 15 is 0 Å². The Bertz CT molecular complexity index is 345. The van der Waals surface area contributed by atoms with Gasteiger partial charge in [0.15, 0.2) is 0 Å². The third-order valence-electron chi connectivity index (χ3n) is 4.38. The number of carbonyl (C=O) groups excluding carboxylic acids is 1. The van der Waals surface area contributed by atoms with Gasteiger partial charge in [-0.2, -0.15) is 0 Å². The van der Waals surface area contributed by atoms with Crippen LogP contribution < -0.4 is 0 Å². The Balaban J connectivity index is 3.56. The maximum absolute atomic E-state index is 10.9. The predicted molar refractivity (Wildman–Crippen MR) is 113 cm³/mol. The van der Waals surface area contributed by atoms with Gasteiger partial charge in [-0.25, -0.2) is 4.79 Å². The van der Waals surface area contributed by atoms with Crippen LogP contribution in [0.3, 0.4) is 0 Å². The average molecular weight is 403 g/mol. The van der Waals surface area contributed by atoms with E-state index < -0.39 is 8.80 Å². The third-order valence-corrected chi connectivity index (χ3v) is 7.53. The van der Waals surface area contributed by atoms with Gasteiger partial charge in [-0.05, 0) is 33.6 Å². The first-order chi connectivity index (χ1) is 13.1. The molecule has 0 bridgehead atoms. The Morgan fingerprint density at radius 1 is 0.741 bits per heavy atom. The van der Waals surface area contributed by atoms with Gasteiger partial charge < -0.3 is 18.0 Å². The summed E-state index contributed by atoms with van der Waals surface area (Å²) in [5.41, 5.74) is 0. The van der Waals surface area contributed by atoms with Crippen LogP contribution in [0.1, 0.15) is 85.0 Å². The van der Waals surface area contributed by atoms with Crippen molar-refractivity contribution in [3.8, 4) is 0 Å². The van der Waals surface area contributed by atoms with Crippen LogP contribution in [-0.2, 0) is 22.8 Å². The number of hydrogen-bond acceptors (Lipinski definition) is 5. The van der Waals surface area contributed by atoms with Gasteiger partial charge in [-0.1, -0.05) is 57.9 Å². The normalized spacial score (nSPS) is 11.5. The minimum Gasteiger partial charge on any atom is -0.463 e. The molecule has 0 aliphatic heterocycles. The first-order valence-corrected chi connectivity index (χ1v) is 12.8. The van der Waals surface area contributed by atoms with Crippen molar-refractivity contribution >= 4 is 14.8 Å². The zero-order valence-corrected chi connectivity index (χ0v) is 18.9. The Hall–Kier alpha value is -0.693. The van der Waals surface area contributed by atoms with Crippen molar-refractivity contribution in [2.75, 3.05) is 26.4 Å². The number of ether oxygens (including phenoxy) is 1. The molecule has 0 aromatic heterocycles. The molecule has 0 spiro atoms. The highest BCUT2D eigenvalue weighted by Crippen LogP contribution is 2.21. The molecule has 0 unspecified atom stereocenters. The molecular weight excluding hydrogens is 360 g/mol. The predicted octanol–water partition coefficient (Wildman–Crippen LogP) is 5.67. The smallest absolute Gasteiger partial charge is 0.463 e. The topological polar surface area (TPSA) is 54.0 Å². The lowest BCUT2D eigenvalue weighted by Gasteiger charge is -2.28. The van der Waals surface area contributed by atoms with Gasteiger partial charge >= 0.3 is 14.8 Å². The van der Waals surface area contributed by atoms with Gasteiger partial charge in [0.25, 0.3) is 0 Å². The van der Waals surface area contributed by atoms with E-state index in [4.69, 9.17) is 18.0 Å². The summed E-state index contributed by atoms with van der Waals surface area (Å²) < 4.78 is 22.6. The number of hydrogen-bond donors (Lipinski definition) is 0. The highest BCUT2D eigenvalue weighted by molar-refractivity contribution is 6.60. The molecule has 0 amide bonds. The molecule has 0 aromatic rings. The molecular formula is C21H42O5Si. The van der Waals surface area contributed by atoms with E-state index in [0.29, 0.717) is 26.4 Å². The van der Waals surface area contributed by atoms with Crippen LogP contribution >= 0.6 is 0 Å². The fourth-order valence-electron chi connectivity index (χ4n) is 3.09. The van der Waals surface area contributed by atoms with Crippen LogP contribution in [0.15, 0.2) is 12.7 Å². The standard InChI is InChI=1S/C21H42O5Si/c1-5-21(22)23-19-17-15-13-11-9-10-12-14-16-18-20-27(24-6-2,25-7-3)26-8-4/h5H,1,6-20H2,2-4H3. The second kappa shape index (κ2) is 18.7. The summed E-state index contributed by atoms with van der Waals surface area (Å²) >= 11 is 0. The van der Waals surface area contributed by atoms with E-state index in [1.54, 1.807) is 0 Å². The van der Waals surface area contributed by atoms with E-state index in [9.17, 15) is 4.79 Å². The molecule has 0 saturated carbocycles. The van der Waals surface area contributed by atoms with Crippen LogP contribution in [-0.4, -0.2) is 41.2 Å². The third kappa shape index (κ3) is 15.0. The van der Waals surface area contributed by atoms with Gasteiger partial charge in [0.1, 0.15) is 0 Å². The number of carbonyl (C=O) groups is 1. The lowest BCUT2D eigenvalue weighted by Crippen LogP contribution is -2.45. The Labute approximate surface area is 168 Å². The maximum Gasteiger partial charge on any atom is 0.500 e. The summed E-state index contributed by atoms with van der Waals surface area (Å²) in [6.07, 6.45) is 13.3. The van der Waals surface area contributed by atoms with Crippen molar-refractivity contribution in [3.63, 3.8) is 0 Å². The van der Waals surface area contributed by atoms with Crippen molar-refractivity contribution in [1.82, 2.24) is 0 Å². The Morgan fingerprint density at radius 3 is 1.56 bits per heavy atom. The van der Waals surface area contributed by atoms with Gasteiger partial charge in [0.2, 0.25) is 0 Å². The molecule has 0 fully saturated rings. The van der Waals surface area contributed by atoms with Crippen LogP contribution in [0.5, 0.6) is 0 Å². The zero-order valence-electron chi connectivity index (χ0n) is 17.9. The van der Waals surface area contributed by atoms with E-state index in [1.807, 2.05) is 20.8 Å². The molecule has 0 rings (SSSR count). The Kier molecular flexibility index (Phi) is 18.2. The highest BCUT2D eigenvalue weighted by Gasteiger charge is 2.39. The molecule has 0 heterocycles. The van der Waals surface area contributed by atoms with Crippen LogP contribution in [0.4, 0.5) is 0 Å². The molecule has 0 aromatic carbocycles. The minimum atomic E-state index is -2.44. The van der Waals surface area contributed by atoms with Gasteiger partial charge in [-0.15, -0.1) is 0 Å². The van der Waals surface area contributed by atoms with Crippen LogP contribution in [0, 0.1) is 0 Å². The second-order valence-electron chi connectivity index (χ2n) is 6.64. The summed E-state index contributed by atoms with van der Waals surface area (Å²) in [4.78, 5) is 10.9. The van der Waals surface area contributed by atoms with Crippen molar-refractivity contribution in [2.24, 2.45) is 0 Å². The molecule has 6 heteroatoms. The first kappa shape index (κ1) is 26.3. The molecule has 0 aliphatic carbocycles. The van der Waals surface area contributed by atoms with Gasteiger partial charge in [0, 0.05) is 31.9 Å². The van der Waals surface area contributed by atoms with Crippen LogP contribution in [0.2, 0.25) is 6.04 Å². The van der Waals surface area contributed by atoms with E-state index in [0.717, 1.165) is 25.3 Å². The van der Waals surface area contributed by atoms with Crippen molar-refractivity contribution < 1.29 is 22.8 Å². The number of esters is 1. The molecule has 0 aliphatic rings. The summed E-state index contributed by atoms with van der Waals surface area (Å²) in [6, 6.07) is 0.930. The van der Waals surface area contributed by atoms with E-state index in [-0.39, 0.29) is 5.97 Å². The molecule has 0 N–H and O–H groups in total. The fourth-order valence-corrected chi connectivity index (χ4v) is 5.78. The molecule has 0 atom stereocenters. The van der Waals surface area contributed by atoms with Crippen molar-refractivity contribution in [2.45, 2.75) is 91.0 Å². The summed E-state index contributed by atoms with van der Waals surface area (Å²) in [7, 11) is -2.44. The summed E-state index contributed by atoms with van der Waals surface area (Å²) in [6.45, 7) is 11.9. The second-order valence-corrected chi connectivity index (χ2v) is 9.37. The van der Waals surface area contributed by atoms with Crippen molar-refractivity contribution in [1.29, 1.82) is 0 Å². The quantitative estimate of drug-likeness (QED) is 0.114. The first-order valence-electron chi connectivity index (χ1n) is 10.8. The van der Waals surface area contributed by atoms with E-state index in [2.05, 4.69) is 6.58 Å². The molecule has 0 radical (unpaired) electrons. The fraction of sp³-hybridized carbons (Fsp3) is 0.857. The lowest BCUT2D eigenvalue weighted by molar-refractivity contribution is -0.137. The van der Waals surface area contributed by atoms with Gasteiger partial charge in [0.05, 0.1) is 6.61 Å². The maximum atomic E-state index is 10.9. The molecule has 5 nitrogen and oxygen atoms in total. The number of unbranched alkanes of at least 4 members (excludes halogenated alkanes) is 9. The van der Waals surface area contributed by atoms with Crippen molar-refractivity contribution in [3.05, 3.63) is 12.7 Å². The monoisotopic (exact) mass is 402 g/mol. The molecule has 160 valence electrons. The molecule has 0 saturated heterocycles. The average Bonchev–Trinajstić information content (AvgIpc) is 2.66. The zero-order chi connectivity index (χ0) is 20.2. The molecule has 27 heavy (non-hydrogen) atoms.